The number of unbranched alkanes of at least 4 members (excludes halogenated alkanes) is 15. The number of imidazole rings is 1. The number of thioether (sulfide) groups is 1. The van der Waals surface area contributed by atoms with Gasteiger partial charge in [0.15, 0.2) is 22.8 Å². The van der Waals surface area contributed by atoms with Crippen LogP contribution in [-0.4, -0.2) is 103 Å². The normalized spacial score (nSPS) is 19.0. The third kappa shape index (κ3) is 32.0. The van der Waals surface area contributed by atoms with Gasteiger partial charge >= 0.3 is 0 Å². The second-order valence-corrected chi connectivity index (χ2v) is 26.0. The number of anilines is 1. The van der Waals surface area contributed by atoms with Crippen LogP contribution >= 0.6 is 35.2 Å². The molecule has 3 heterocycles. The maximum absolute atomic E-state index is 12.7. The van der Waals surface area contributed by atoms with Gasteiger partial charge in [0.05, 0.1) is 27.4 Å². The van der Waals surface area contributed by atoms with Crippen LogP contribution in [0.5, 0.6) is 0 Å². The zero-order valence-corrected chi connectivity index (χ0v) is 51.7. The summed E-state index contributed by atoms with van der Waals surface area (Å²) in [4.78, 5) is 97.3. The molecule has 0 aliphatic carbocycles. The van der Waals surface area contributed by atoms with Gasteiger partial charge in [-0.25, -0.2) is 19.3 Å². The van der Waals surface area contributed by atoms with Crippen LogP contribution in [0, 0.1) is 5.41 Å². The molecule has 6 N–H and O–H groups in total. The number of ether oxygens (including phenoxy) is 1. The summed E-state index contributed by atoms with van der Waals surface area (Å²) in [6.07, 6.45) is 39.9. The number of rotatable bonds is 46. The van der Waals surface area contributed by atoms with Gasteiger partial charge in [-0.3, -0.25) is 28.1 Å². The Morgan fingerprint density at radius 3 is 1.84 bits per heavy atom. The number of aliphatic hydroxyl groups is 2. The van der Waals surface area contributed by atoms with E-state index in [1.807, 2.05) is 0 Å². The average Bonchev–Trinajstić information content (AvgIpc) is 2.22. The van der Waals surface area contributed by atoms with Gasteiger partial charge in [0.25, 0.3) is 15.6 Å². The fourth-order valence-corrected chi connectivity index (χ4v) is 11.9. The van der Waals surface area contributed by atoms with Gasteiger partial charge < -0.3 is 69.0 Å². The van der Waals surface area contributed by atoms with E-state index in [-0.39, 0.29) is 41.6 Å². The minimum absolute atomic E-state index is 0.0191. The maximum Gasteiger partial charge on any atom is 0.274 e. The lowest BCUT2D eigenvalue weighted by molar-refractivity contribution is -0.347. The van der Waals surface area contributed by atoms with Gasteiger partial charge in [-0.15, -0.1) is 0 Å². The average molecular weight is 1240 g/mol. The largest absolute Gasteiger partial charge is 0.790 e. The summed E-state index contributed by atoms with van der Waals surface area (Å²) in [6, 6.07) is 0. The van der Waals surface area contributed by atoms with Crippen molar-refractivity contribution in [3.05, 3.63) is 73.4 Å². The molecule has 2 aromatic rings. The first-order valence-electron chi connectivity index (χ1n) is 28.8. The molecule has 24 nitrogen and oxygen atoms in total. The lowest BCUT2D eigenvalue weighted by atomic mass is 9.87. The summed E-state index contributed by atoms with van der Waals surface area (Å²) >= 11 is 1.14. The van der Waals surface area contributed by atoms with E-state index >= 15 is 0 Å². The topological polar surface area (TPSA) is 375 Å². The highest BCUT2D eigenvalue weighted by Gasteiger charge is 2.47. The third-order valence-electron chi connectivity index (χ3n) is 13.1. The summed E-state index contributed by atoms with van der Waals surface area (Å²) in [5.74, 6) is -1.14. The Hall–Kier alpha value is -3.74. The van der Waals surface area contributed by atoms with Gasteiger partial charge in [0.1, 0.15) is 36.3 Å². The number of nitrogen functional groups attached to an aromatic ring is 1. The molecule has 83 heavy (non-hydrogen) atoms. The molecule has 470 valence electrons. The molecule has 1 aliphatic rings. The molecule has 2 aromatic heterocycles. The second kappa shape index (κ2) is 40.6. The second-order valence-electron chi connectivity index (χ2n) is 20.8. The van der Waals surface area contributed by atoms with Crippen molar-refractivity contribution in [2.75, 3.05) is 37.8 Å². The number of phosphoric acid groups is 3. The minimum atomic E-state index is -5.93. The maximum atomic E-state index is 12.7. The number of amides is 2. The molecule has 1 saturated heterocycles. The minimum Gasteiger partial charge on any atom is -0.790 e. The summed E-state index contributed by atoms with van der Waals surface area (Å²) in [5, 5.41) is 26.6. The zero-order chi connectivity index (χ0) is 61.0. The quantitative estimate of drug-likeness (QED) is 0.0243. The molecule has 1 fully saturated rings. The number of nitrogens with two attached hydrogens (primary N) is 1. The number of aliphatic hydroxyl groups excluding tert-OH is 2. The molecular formula is C55H88N7O17P3S-4. The van der Waals surface area contributed by atoms with Gasteiger partial charge in [-0.2, -0.15) is 0 Å². The Bertz CT molecular complexity index is 2530. The summed E-state index contributed by atoms with van der Waals surface area (Å²) < 4.78 is 61.0. The molecule has 0 bridgehead atoms. The number of phosphoric ester groups is 3. The van der Waals surface area contributed by atoms with E-state index < -0.39 is 84.6 Å². The Labute approximate surface area is 493 Å². The van der Waals surface area contributed by atoms with Gasteiger partial charge in [-0.05, 0) is 57.8 Å². The van der Waals surface area contributed by atoms with Crippen molar-refractivity contribution in [1.82, 2.24) is 30.2 Å². The molecular weight excluding hydrogens is 1160 g/mol. The molecule has 0 radical (unpaired) electrons. The number of carbonyl (C=O) groups is 3. The van der Waals surface area contributed by atoms with Gasteiger partial charge in [0, 0.05) is 37.1 Å². The number of nitrogens with one attached hydrogen (secondary N) is 2. The molecule has 28 heteroatoms. The first-order chi connectivity index (χ1) is 39.6. The number of fused-ring (bicyclic) bond motifs is 1. The van der Waals surface area contributed by atoms with E-state index in [4.69, 9.17) is 10.5 Å². The highest BCUT2D eigenvalue weighted by atomic mass is 32.2. The van der Waals surface area contributed by atoms with E-state index in [2.05, 4.69) is 111 Å². The van der Waals surface area contributed by atoms with Crippen LogP contribution in [0.4, 0.5) is 5.82 Å². The molecule has 0 aromatic carbocycles. The molecule has 3 rings (SSSR count). The van der Waals surface area contributed by atoms with Crippen LogP contribution in [0.1, 0.15) is 175 Å². The van der Waals surface area contributed by atoms with Crippen LogP contribution in [0.3, 0.4) is 0 Å². The number of aromatic nitrogens is 4. The van der Waals surface area contributed by atoms with Crippen molar-refractivity contribution in [2.45, 2.75) is 199 Å². The van der Waals surface area contributed by atoms with E-state index in [1.54, 1.807) is 0 Å². The number of carbonyl (C=O) groups excluding carboxylic acids is 3. The van der Waals surface area contributed by atoms with E-state index in [0.29, 0.717) is 12.2 Å². The SMILES string of the molecule is CCCCC/C=C\C/C=C\C/C=C\C/C=C\C/C=C\CCCCCCCCCCCCCCC(=O)SCCNC(=O)CCNC(=O)[C@H](O)C(C)(C)COP(=O)([O-])OP(=O)([O-])OC[C@H]1O[C@@H](n2cnc3c(N)ncnc32)[C@H](O)[C@@H]1OP(=O)([O-])[O-]. The monoisotopic (exact) mass is 1240 g/mol. The molecule has 2 amide bonds. The predicted molar refractivity (Wildman–Crippen MR) is 311 cm³/mol. The standard InChI is InChI=1S/C55H92N7O17P3S/c1-4-5-6-7-8-9-10-11-12-13-14-15-16-17-18-19-20-21-22-23-24-25-26-27-28-29-30-31-32-33-34-35-46(64)83-39-38-57-45(63)36-37-58-53(67)50(66)55(2,3)41-76-82(73,74)79-81(71,72)75-40-44-49(78-80(68,69)70)48(65)54(77-44)62-43-61-47-51(56)59-42-60-52(47)62/h8-9,11-12,14-15,17-18,20-21,42-44,48-50,54,65-66H,4-7,10,13,16,19,22-41H2,1-3H3,(H,57,63)(H,58,67)(H,71,72)(H,73,74)(H2,56,59,60)(H2,68,69,70)/p-4/b9-8-,12-11-,15-14-,18-17-,21-20-/t44-,48-,49-,50+,54-/m1/s1. The van der Waals surface area contributed by atoms with Crippen LogP contribution < -0.4 is 35.9 Å². The van der Waals surface area contributed by atoms with Gasteiger partial charge in [0.2, 0.25) is 11.8 Å². The van der Waals surface area contributed by atoms with Crippen molar-refractivity contribution in [1.29, 1.82) is 0 Å². The lowest BCUT2D eigenvalue weighted by Gasteiger charge is -2.36. The third-order valence-corrected chi connectivity index (χ3v) is 17.1. The highest BCUT2D eigenvalue weighted by molar-refractivity contribution is 8.13. The van der Waals surface area contributed by atoms with Crippen LogP contribution in [-0.2, 0) is 50.7 Å². The Balaban J connectivity index is 1.15. The van der Waals surface area contributed by atoms with E-state index in [1.165, 1.54) is 97.3 Å². The zero-order valence-electron chi connectivity index (χ0n) is 48.2. The molecule has 7 atom stereocenters. The number of nitrogens with zero attached hydrogens (tertiary/aromatic N) is 4. The van der Waals surface area contributed by atoms with Crippen LogP contribution in [0.25, 0.3) is 11.2 Å². The van der Waals surface area contributed by atoms with Crippen molar-refractivity contribution in [3.8, 4) is 0 Å². The van der Waals surface area contributed by atoms with Crippen LogP contribution in [0.2, 0.25) is 0 Å². The first kappa shape index (κ1) is 73.5. The van der Waals surface area contributed by atoms with Crippen molar-refractivity contribution in [3.63, 3.8) is 0 Å². The number of hydrogen-bond donors (Lipinski definition) is 5. The highest BCUT2D eigenvalue weighted by Crippen LogP contribution is 2.56. The molecule has 2 unspecified atom stereocenters. The van der Waals surface area contributed by atoms with Crippen molar-refractivity contribution >= 4 is 69.1 Å². The van der Waals surface area contributed by atoms with Crippen molar-refractivity contribution in [2.24, 2.45) is 5.41 Å². The number of hydrogen-bond acceptors (Lipinski definition) is 22. The Kier molecular flexibility index (Phi) is 36.0. The molecule has 0 spiro atoms. The predicted octanol–water partition coefficient (Wildman–Crippen LogP) is 7.52. The Morgan fingerprint density at radius 2 is 1.28 bits per heavy atom. The van der Waals surface area contributed by atoms with E-state index in [0.717, 1.165) is 80.4 Å². The smallest absolute Gasteiger partial charge is 0.274 e. The fraction of sp³-hybridized carbons (Fsp3) is 0.673. The summed E-state index contributed by atoms with van der Waals surface area (Å²) in [6.45, 7) is 2.40. The van der Waals surface area contributed by atoms with Gasteiger partial charge in [-0.1, -0.05) is 170 Å². The molecule has 0 saturated carbocycles. The van der Waals surface area contributed by atoms with Crippen LogP contribution in [0.15, 0.2) is 73.4 Å². The van der Waals surface area contributed by atoms with Crippen molar-refractivity contribution < 1.29 is 80.5 Å². The summed E-state index contributed by atoms with van der Waals surface area (Å²) in [7, 11) is -17.6. The lowest BCUT2D eigenvalue weighted by Crippen LogP contribution is -2.46. The summed E-state index contributed by atoms with van der Waals surface area (Å²) in [5.41, 5.74) is 4.10. The molecule has 1 aliphatic heterocycles. The van der Waals surface area contributed by atoms with E-state index in [9.17, 15) is 57.9 Å². The first-order valence-corrected chi connectivity index (χ1v) is 34.1. The fourth-order valence-electron chi connectivity index (χ4n) is 8.48. The Morgan fingerprint density at radius 1 is 0.747 bits per heavy atom. The number of allylic oxidation sites excluding steroid dienone is 10.